The Morgan fingerprint density at radius 2 is 1.90 bits per heavy atom. The normalized spacial score (nSPS) is 10.7. The minimum atomic E-state index is -0.991. The second-order valence-corrected chi connectivity index (χ2v) is 4.95. The maximum Gasteiger partial charge on any atom is 0.0482 e. The number of carbonyl (C=O) groups is 1. The molecule has 0 bridgehead atoms. The van der Waals surface area contributed by atoms with Gasteiger partial charge in [-0.05, 0) is 37.0 Å². The summed E-state index contributed by atoms with van der Waals surface area (Å²) in [7, 11) is 0. The van der Waals surface area contributed by atoms with Crippen molar-refractivity contribution in [2.45, 2.75) is 39.2 Å². The quantitative estimate of drug-likeness (QED) is 0.776. The first-order valence-electron chi connectivity index (χ1n) is 7.16. The van der Waals surface area contributed by atoms with Crippen molar-refractivity contribution in [1.82, 2.24) is 4.57 Å². The number of unbranched alkanes of at least 4 members (excludes halogenated alkanes) is 1. The van der Waals surface area contributed by atoms with Crippen LogP contribution in [0.5, 0.6) is 0 Å². The predicted octanol–water partition coefficient (Wildman–Crippen LogP) is 2.64. The lowest BCUT2D eigenvalue weighted by Crippen LogP contribution is -2.23. The third kappa shape index (κ3) is 3.50. The van der Waals surface area contributed by atoms with E-state index in [9.17, 15) is 9.90 Å². The van der Waals surface area contributed by atoms with E-state index in [1.165, 1.54) is 5.56 Å². The number of benzene rings is 1. The summed E-state index contributed by atoms with van der Waals surface area (Å²) in [5.74, 6) is -0.991. The molecule has 0 radical (unpaired) electrons. The zero-order chi connectivity index (χ0) is 14.4. The minimum absolute atomic E-state index is 0.0738. The van der Waals surface area contributed by atoms with Crippen LogP contribution in [0.1, 0.15) is 31.9 Å². The van der Waals surface area contributed by atoms with Gasteiger partial charge >= 0.3 is 0 Å². The molecule has 0 aliphatic rings. The van der Waals surface area contributed by atoms with Crippen molar-refractivity contribution < 1.29 is 9.90 Å². The van der Waals surface area contributed by atoms with Gasteiger partial charge in [0.25, 0.3) is 0 Å². The van der Waals surface area contributed by atoms with Crippen LogP contribution in [0, 0.1) is 0 Å². The molecule has 1 aromatic heterocycles. The first kappa shape index (κ1) is 14.4. The minimum Gasteiger partial charge on any atom is -0.550 e. The van der Waals surface area contributed by atoms with Crippen molar-refractivity contribution in [2.24, 2.45) is 0 Å². The van der Waals surface area contributed by atoms with Crippen molar-refractivity contribution in [1.29, 1.82) is 0 Å². The number of hydrogen-bond acceptors (Lipinski definition) is 2. The standard InChI is InChI=1S/C17H21NO2/c1-2-3-13-18-15(10-12-17(19)20)9-11-16(18)14-7-5-4-6-8-14/h4-9,11H,2-3,10,12-13H2,1H3,(H,19,20)/p-1. The van der Waals surface area contributed by atoms with E-state index in [0.29, 0.717) is 6.42 Å². The number of aromatic nitrogens is 1. The third-order valence-corrected chi connectivity index (χ3v) is 3.46. The highest BCUT2D eigenvalue weighted by molar-refractivity contribution is 5.65. The van der Waals surface area contributed by atoms with Crippen molar-refractivity contribution in [3.05, 3.63) is 48.2 Å². The SMILES string of the molecule is CCCCn1c(CCC(=O)[O-])ccc1-c1ccccc1. The maximum atomic E-state index is 10.7. The fourth-order valence-electron chi connectivity index (χ4n) is 2.40. The number of nitrogens with zero attached hydrogens (tertiary/aromatic N) is 1. The van der Waals surface area contributed by atoms with E-state index in [1.807, 2.05) is 24.3 Å². The average molecular weight is 270 g/mol. The van der Waals surface area contributed by atoms with Gasteiger partial charge in [-0.15, -0.1) is 0 Å². The van der Waals surface area contributed by atoms with E-state index in [2.05, 4.69) is 29.7 Å². The number of carboxylic acids is 1. The Hall–Kier alpha value is -2.03. The molecule has 106 valence electrons. The third-order valence-electron chi connectivity index (χ3n) is 3.46. The Balaban J connectivity index is 2.29. The Kier molecular flexibility index (Phi) is 4.99. The maximum absolute atomic E-state index is 10.7. The molecule has 2 rings (SSSR count). The van der Waals surface area contributed by atoms with Crippen LogP contribution < -0.4 is 5.11 Å². The number of aryl methyl sites for hydroxylation is 1. The highest BCUT2D eigenvalue weighted by Gasteiger charge is 2.09. The lowest BCUT2D eigenvalue weighted by molar-refractivity contribution is -0.305. The number of carboxylic acid groups (broad SMARTS) is 1. The van der Waals surface area contributed by atoms with Crippen LogP contribution in [0.15, 0.2) is 42.5 Å². The summed E-state index contributed by atoms with van der Waals surface area (Å²) in [5, 5.41) is 10.7. The molecule has 0 saturated carbocycles. The smallest absolute Gasteiger partial charge is 0.0482 e. The second-order valence-electron chi connectivity index (χ2n) is 4.95. The van der Waals surface area contributed by atoms with E-state index in [1.54, 1.807) is 0 Å². The van der Waals surface area contributed by atoms with Gasteiger partial charge in [0.15, 0.2) is 0 Å². The van der Waals surface area contributed by atoms with Crippen LogP contribution in [0.3, 0.4) is 0 Å². The largest absolute Gasteiger partial charge is 0.550 e. The van der Waals surface area contributed by atoms with Gasteiger partial charge in [-0.25, -0.2) is 0 Å². The Bertz CT molecular complexity index is 558. The summed E-state index contributed by atoms with van der Waals surface area (Å²) in [4.78, 5) is 10.7. The van der Waals surface area contributed by atoms with E-state index < -0.39 is 5.97 Å². The van der Waals surface area contributed by atoms with Gasteiger partial charge in [0.2, 0.25) is 0 Å². The van der Waals surface area contributed by atoms with E-state index >= 15 is 0 Å². The topological polar surface area (TPSA) is 45.1 Å². The summed E-state index contributed by atoms with van der Waals surface area (Å²) in [6.45, 7) is 3.09. The molecule has 0 atom stereocenters. The molecule has 0 N–H and O–H groups in total. The molecule has 1 aromatic carbocycles. The van der Waals surface area contributed by atoms with Crippen molar-refractivity contribution in [3.63, 3.8) is 0 Å². The summed E-state index contributed by atoms with van der Waals surface area (Å²) in [6.07, 6.45) is 2.81. The highest BCUT2D eigenvalue weighted by atomic mass is 16.4. The Labute approximate surface area is 119 Å². The second kappa shape index (κ2) is 6.94. The molecule has 0 saturated heterocycles. The van der Waals surface area contributed by atoms with Gasteiger partial charge in [-0.3, -0.25) is 0 Å². The average Bonchev–Trinajstić information content (AvgIpc) is 2.86. The highest BCUT2D eigenvalue weighted by Crippen LogP contribution is 2.24. The van der Waals surface area contributed by atoms with Gasteiger partial charge in [-0.1, -0.05) is 43.7 Å². The van der Waals surface area contributed by atoms with Gasteiger partial charge < -0.3 is 14.5 Å². The van der Waals surface area contributed by atoms with Gasteiger partial charge in [0.05, 0.1) is 0 Å². The van der Waals surface area contributed by atoms with Crippen LogP contribution in [0.2, 0.25) is 0 Å². The molecule has 3 nitrogen and oxygen atoms in total. The fourth-order valence-corrected chi connectivity index (χ4v) is 2.40. The molecule has 0 aliphatic heterocycles. The van der Waals surface area contributed by atoms with Crippen LogP contribution in [-0.4, -0.2) is 10.5 Å². The van der Waals surface area contributed by atoms with Gasteiger partial charge in [0.1, 0.15) is 0 Å². The zero-order valence-electron chi connectivity index (χ0n) is 11.8. The number of carbonyl (C=O) groups excluding carboxylic acids is 1. The van der Waals surface area contributed by atoms with Crippen LogP contribution in [-0.2, 0) is 17.8 Å². The lowest BCUT2D eigenvalue weighted by atomic mass is 10.1. The fraction of sp³-hybridized carbons (Fsp3) is 0.353. The molecule has 2 aromatic rings. The molecule has 3 heteroatoms. The molecule has 0 amide bonds. The van der Waals surface area contributed by atoms with Crippen molar-refractivity contribution >= 4 is 5.97 Å². The molecule has 0 fully saturated rings. The molecular formula is C17H20NO2-. The van der Waals surface area contributed by atoms with Crippen LogP contribution in [0.4, 0.5) is 0 Å². The first-order valence-corrected chi connectivity index (χ1v) is 7.16. The summed E-state index contributed by atoms with van der Waals surface area (Å²) in [6, 6.07) is 14.3. The molecule has 0 aliphatic carbocycles. The molecule has 20 heavy (non-hydrogen) atoms. The molecular weight excluding hydrogens is 250 g/mol. The summed E-state index contributed by atoms with van der Waals surface area (Å²) in [5.41, 5.74) is 3.40. The van der Waals surface area contributed by atoms with Gasteiger partial charge in [0, 0.05) is 23.9 Å². The molecule has 0 unspecified atom stereocenters. The Morgan fingerprint density at radius 3 is 2.55 bits per heavy atom. The Morgan fingerprint density at radius 1 is 1.15 bits per heavy atom. The number of aliphatic carboxylic acids is 1. The molecule has 0 spiro atoms. The first-order chi connectivity index (χ1) is 9.72. The number of rotatable bonds is 7. The summed E-state index contributed by atoms with van der Waals surface area (Å²) < 4.78 is 2.24. The summed E-state index contributed by atoms with van der Waals surface area (Å²) >= 11 is 0. The zero-order valence-corrected chi connectivity index (χ0v) is 11.8. The van der Waals surface area contributed by atoms with Crippen molar-refractivity contribution in [2.75, 3.05) is 0 Å². The lowest BCUT2D eigenvalue weighted by Gasteiger charge is -2.14. The van der Waals surface area contributed by atoms with E-state index in [4.69, 9.17) is 0 Å². The number of hydrogen-bond donors (Lipinski definition) is 0. The van der Waals surface area contributed by atoms with Crippen molar-refractivity contribution in [3.8, 4) is 11.3 Å². The van der Waals surface area contributed by atoms with E-state index in [-0.39, 0.29) is 6.42 Å². The predicted molar refractivity (Wildman–Crippen MR) is 78.1 cm³/mol. The van der Waals surface area contributed by atoms with E-state index in [0.717, 1.165) is 30.8 Å². The monoisotopic (exact) mass is 270 g/mol. The van der Waals surface area contributed by atoms with Crippen LogP contribution >= 0.6 is 0 Å². The van der Waals surface area contributed by atoms with Crippen LogP contribution in [0.25, 0.3) is 11.3 Å². The van der Waals surface area contributed by atoms with Gasteiger partial charge in [-0.2, -0.15) is 0 Å². The molecule has 1 heterocycles.